The normalized spacial score (nSPS) is 19.5. The van der Waals surface area contributed by atoms with Gasteiger partial charge in [-0.15, -0.1) is 0 Å². The molecule has 0 saturated carbocycles. The van der Waals surface area contributed by atoms with Crippen LogP contribution in [-0.2, 0) is 4.79 Å². The van der Waals surface area contributed by atoms with Crippen LogP contribution in [0.15, 0.2) is 30.3 Å². The first-order valence-corrected chi connectivity index (χ1v) is 6.69. The second-order valence-electron chi connectivity index (χ2n) is 4.78. The van der Waals surface area contributed by atoms with Gasteiger partial charge in [-0.05, 0) is 43.2 Å². The Morgan fingerprint density at radius 3 is 2.84 bits per heavy atom. The van der Waals surface area contributed by atoms with Crippen LogP contribution in [0.2, 0.25) is 0 Å². The molecule has 1 aliphatic heterocycles. The van der Waals surface area contributed by atoms with Crippen molar-refractivity contribution in [2.24, 2.45) is 0 Å². The highest BCUT2D eigenvalue weighted by Gasteiger charge is 2.12. The molecule has 102 valence electrons. The van der Waals surface area contributed by atoms with Crippen LogP contribution in [0.4, 0.5) is 4.39 Å². The summed E-state index contributed by atoms with van der Waals surface area (Å²) < 4.78 is 12.7. The monoisotopic (exact) mass is 262 g/mol. The van der Waals surface area contributed by atoms with Gasteiger partial charge in [0, 0.05) is 18.7 Å². The number of carbonyl (C=O) groups is 1. The largest absolute Gasteiger partial charge is 0.351 e. The van der Waals surface area contributed by atoms with E-state index in [1.807, 2.05) is 0 Å². The van der Waals surface area contributed by atoms with Crippen molar-refractivity contribution in [3.8, 4) is 0 Å². The molecule has 0 aliphatic carbocycles. The number of piperidine rings is 1. The highest BCUT2D eigenvalue weighted by Crippen LogP contribution is 2.06. The number of carbonyl (C=O) groups excluding carboxylic acids is 1. The zero-order valence-corrected chi connectivity index (χ0v) is 10.9. The van der Waals surface area contributed by atoms with E-state index in [-0.39, 0.29) is 11.7 Å². The number of halogens is 1. The molecule has 19 heavy (non-hydrogen) atoms. The van der Waals surface area contributed by atoms with Crippen molar-refractivity contribution in [3.05, 3.63) is 41.7 Å². The molecule has 0 spiro atoms. The molecule has 1 atom stereocenters. The Hall–Kier alpha value is -1.68. The molecule has 2 N–H and O–H groups in total. The van der Waals surface area contributed by atoms with Gasteiger partial charge in [0.25, 0.3) is 0 Å². The lowest BCUT2D eigenvalue weighted by Gasteiger charge is -2.23. The number of hydrogen-bond acceptors (Lipinski definition) is 2. The molecule has 4 heteroatoms. The maximum atomic E-state index is 12.7. The van der Waals surface area contributed by atoms with E-state index in [0.29, 0.717) is 12.6 Å². The topological polar surface area (TPSA) is 41.1 Å². The van der Waals surface area contributed by atoms with Crippen LogP contribution in [0.3, 0.4) is 0 Å². The smallest absolute Gasteiger partial charge is 0.244 e. The lowest BCUT2D eigenvalue weighted by molar-refractivity contribution is -0.116. The number of benzene rings is 1. The van der Waals surface area contributed by atoms with Crippen molar-refractivity contribution in [3.63, 3.8) is 0 Å². The number of hydrogen-bond donors (Lipinski definition) is 2. The lowest BCUT2D eigenvalue weighted by Crippen LogP contribution is -2.43. The third-order valence-corrected chi connectivity index (χ3v) is 3.23. The van der Waals surface area contributed by atoms with Crippen LogP contribution in [0, 0.1) is 5.82 Å². The molecule has 0 aromatic heterocycles. The summed E-state index contributed by atoms with van der Waals surface area (Å²) in [4.78, 5) is 11.6. The zero-order chi connectivity index (χ0) is 13.5. The van der Waals surface area contributed by atoms with Gasteiger partial charge in [0.2, 0.25) is 5.91 Å². The molecule has 0 bridgehead atoms. The van der Waals surface area contributed by atoms with Crippen LogP contribution in [-0.4, -0.2) is 25.0 Å². The van der Waals surface area contributed by atoms with Gasteiger partial charge < -0.3 is 10.6 Å². The lowest BCUT2D eigenvalue weighted by atomic mass is 10.1. The molecule has 1 aromatic carbocycles. The van der Waals surface area contributed by atoms with Gasteiger partial charge in [0.05, 0.1) is 0 Å². The summed E-state index contributed by atoms with van der Waals surface area (Å²) in [6, 6.07) is 6.42. The Labute approximate surface area is 112 Å². The minimum Gasteiger partial charge on any atom is -0.351 e. The van der Waals surface area contributed by atoms with Gasteiger partial charge in [0.15, 0.2) is 0 Å². The van der Waals surface area contributed by atoms with Crippen LogP contribution >= 0.6 is 0 Å². The molecule has 2 rings (SSSR count). The summed E-state index contributed by atoms with van der Waals surface area (Å²) >= 11 is 0. The van der Waals surface area contributed by atoms with Crippen molar-refractivity contribution >= 4 is 12.0 Å². The van der Waals surface area contributed by atoms with E-state index in [0.717, 1.165) is 18.5 Å². The standard InChI is InChI=1S/C15H19FN2O/c16-13-7-4-12(5-8-13)6-9-15(19)18-11-14-3-1-2-10-17-14/h4-9,14,17H,1-3,10-11H2,(H,18,19). The van der Waals surface area contributed by atoms with Gasteiger partial charge in [-0.2, -0.15) is 0 Å². The maximum Gasteiger partial charge on any atom is 0.244 e. The van der Waals surface area contributed by atoms with Gasteiger partial charge in [-0.3, -0.25) is 4.79 Å². The number of amides is 1. The first-order valence-electron chi connectivity index (χ1n) is 6.69. The minimum atomic E-state index is -0.273. The summed E-state index contributed by atoms with van der Waals surface area (Å²) in [5.41, 5.74) is 0.812. The van der Waals surface area contributed by atoms with E-state index in [1.165, 1.54) is 31.1 Å². The van der Waals surface area contributed by atoms with Gasteiger partial charge in [0.1, 0.15) is 5.82 Å². The van der Waals surface area contributed by atoms with Gasteiger partial charge >= 0.3 is 0 Å². The number of nitrogens with one attached hydrogen (secondary N) is 2. The molecular weight excluding hydrogens is 243 g/mol. The molecule has 1 unspecified atom stereocenters. The number of rotatable bonds is 4. The quantitative estimate of drug-likeness (QED) is 0.816. The molecule has 1 fully saturated rings. The molecule has 3 nitrogen and oxygen atoms in total. The van der Waals surface area contributed by atoms with Crippen molar-refractivity contribution in [2.75, 3.05) is 13.1 Å². The van der Waals surface area contributed by atoms with Crippen molar-refractivity contribution in [1.29, 1.82) is 0 Å². The first kappa shape index (κ1) is 13.7. The Morgan fingerprint density at radius 2 is 2.16 bits per heavy atom. The second kappa shape index (κ2) is 7.04. The Bertz CT molecular complexity index is 436. The van der Waals surface area contributed by atoms with E-state index in [4.69, 9.17) is 0 Å². The van der Waals surface area contributed by atoms with Crippen LogP contribution in [0.5, 0.6) is 0 Å². The van der Waals surface area contributed by atoms with E-state index in [1.54, 1.807) is 18.2 Å². The van der Waals surface area contributed by atoms with Gasteiger partial charge in [-0.1, -0.05) is 18.6 Å². The average Bonchev–Trinajstić information content (AvgIpc) is 2.45. The zero-order valence-electron chi connectivity index (χ0n) is 10.9. The summed E-state index contributed by atoms with van der Waals surface area (Å²) in [6.07, 6.45) is 6.72. The van der Waals surface area contributed by atoms with Crippen LogP contribution in [0.1, 0.15) is 24.8 Å². The predicted molar refractivity (Wildman–Crippen MR) is 74.1 cm³/mol. The van der Waals surface area contributed by atoms with Crippen molar-refractivity contribution in [1.82, 2.24) is 10.6 Å². The van der Waals surface area contributed by atoms with Gasteiger partial charge in [-0.25, -0.2) is 4.39 Å². The molecule has 1 aromatic rings. The van der Waals surface area contributed by atoms with E-state index >= 15 is 0 Å². The van der Waals surface area contributed by atoms with Crippen LogP contribution in [0.25, 0.3) is 6.08 Å². The second-order valence-corrected chi connectivity index (χ2v) is 4.78. The summed E-state index contributed by atoms with van der Waals surface area (Å²) in [5, 5.41) is 6.25. The Balaban J connectivity index is 1.75. The van der Waals surface area contributed by atoms with E-state index < -0.39 is 0 Å². The predicted octanol–water partition coefficient (Wildman–Crippen LogP) is 2.10. The Kier molecular flexibility index (Phi) is 5.10. The maximum absolute atomic E-state index is 12.7. The molecule has 1 saturated heterocycles. The molecule has 0 radical (unpaired) electrons. The molecular formula is C15H19FN2O. The summed E-state index contributed by atoms with van der Waals surface area (Å²) in [6.45, 7) is 1.69. The van der Waals surface area contributed by atoms with Crippen molar-refractivity contribution in [2.45, 2.75) is 25.3 Å². The molecule has 1 heterocycles. The summed E-state index contributed by atoms with van der Waals surface area (Å²) in [7, 11) is 0. The third-order valence-electron chi connectivity index (χ3n) is 3.23. The SMILES string of the molecule is O=C(C=Cc1ccc(F)cc1)NCC1CCCCN1. The first-order chi connectivity index (χ1) is 9.24. The van der Waals surface area contributed by atoms with Crippen molar-refractivity contribution < 1.29 is 9.18 Å². The van der Waals surface area contributed by atoms with E-state index in [9.17, 15) is 9.18 Å². The third kappa shape index (κ3) is 4.83. The average molecular weight is 262 g/mol. The van der Waals surface area contributed by atoms with Crippen LogP contribution < -0.4 is 10.6 Å². The fourth-order valence-corrected chi connectivity index (χ4v) is 2.13. The minimum absolute atomic E-state index is 0.114. The molecule has 1 amide bonds. The summed E-state index contributed by atoms with van der Waals surface area (Å²) in [5.74, 6) is -0.387. The highest BCUT2D eigenvalue weighted by molar-refractivity contribution is 5.91. The fourth-order valence-electron chi connectivity index (χ4n) is 2.13. The fraction of sp³-hybridized carbons (Fsp3) is 0.400. The molecule has 1 aliphatic rings. The Morgan fingerprint density at radius 1 is 1.37 bits per heavy atom. The highest BCUT2D eigenvalue weighted by atomic mass is 19.1. The van der Waals surface area contributed by atoms with E-state index in [2.05, 4.69) is 10.6 Å².